The predicted molar refractivity (Wildman–Crippen MR) is 72.3 cm³/mol. The normalized spacial score (nSPS) is 26.6. The van der Waals surface area contributed by atoms with Gasteiger partial charge in [0.15, 0.2) is 0 Å². The molecule has 6 heteroatoms. The van der Waals surface area contributed by atoms with Crippen molar-refractivity contribution in [3.8, 4) is 0 Å². The molecule has 2 atom stereocenters. The number of rotatable bonds is 5. The van der Waals surface area contributed by atoms with E-state index in [1.165, 1.54) is 0 Å². The Labute approximate surface area is 116 Å². The summed E-state index contributed by atoms with van der Waals surface area (Å²) in [7, 11) is 0. The Morgan fingerprint density at radius 3 is 2.50 bits per heavy atom. The van der Waals surface area contributed by atoms with Crippen LogP contribution in [0, 0.1) is 0 Å². The first-order valence-electron chi connectivity index (χ1n) is 6.45. The van der Waals surface area contributed by atoms with Gasteiger partial charge in [-0.25, -0.2) is 0 Å². The highest BCUT2D eigenvalue weighted by Gasteiger charge is 2.49. The standard InChI is InChI=1S/C14H18N2O4/c15-14(13(19)20)8-11(12(17)18)16(9-14)7-6-10-4-2-1-3-5-10/h1-5,11H,6-9,15H2,(H,17,18)(H,19,20). The summed E-state index contributed by atoms with van der Waals surface area (Å²) in [5, 5.41) is 18.3. The molecule has 6 nitrogen and oxygen atoms in total. The molecule has 1 saturated heterocycles. The second kappa shape index (κ2) is 5.60. The summed E-state index contributed by atoms with van der Waals surface area (Å²) in [5.41, 5.74) is 5.40. The molecule has 1 heterocycles. The zero-order chi connectivity index (χ0) is 14.8. The number of carboxylic acids is 2. The molecule has 4 N–H and O–H groups in total. The number of likely N-dealkylation sites (tertiary alicyclic amines) is 1. The Balaban J connectivity index is 2.05. The fourth-order valence-corrected chi connectivity index (χ4v) is 2.56. The van der Waals surface area contributed by atoms with Crippen molar-refractivity contribution in [1.29, 1.82) is 0 Å². The molecule has 0 saturated carbocycles. The first-order valence-corrected chi connectivity index (χ1v) is 6.45. The highest BCUT2D eigenvalue weighted by molar-refractivity contribution is 5.83. The highest BCUT2D eigenvalue weighted by Crippen LogP contribution is 2.26. The Kier molecular flexibility index (Phi) is 4.06. The lowest BCUT2D eigenvalue weighted by Crippen LogP contribution is -2.50. The third-order valence-electron chi connectivity index (χ3n) is 3.73. The second-order valence-corrected chi connectivity index (χ2v) is 5.23. The summed E-state index contributed by atoms with van der Waals surface area (Å²) in [6, 6.07) is 8.82. The fourth-order valence-electron chi connectivity index (χ4n) is 2.56. The molecule has 0 bridgehead atoms. The molecule has 0 amide bonds. The molecule has 0 radical (unpaired) electrons. The molecule has 1 aliphatic rings. The zero-order valence-corrected chi connectivity index (χ0v) is 11.0. The van der Waals surface area contributed by atoms with Crippen molar-refractivity contribution in [2.24, 2.45) is 5.73 Å². The van der Waals surface area contributed by atoms with Crippen LogP contribution in [-0.4, -0.2) is 51.7 Å². The number of nitrogens with zero attached hydrogens (tertiary/aromatic N) is 1. The molecule has 0 aliphatic carbocycles. The molecule has 2 rings (SSSR count). The van der Waals surface area contributed by atoms with E-state index in [4.69, 9.17) is 10.8 Å². The molecule has 2 unspecified atom stereocenters. The van der Waals surface area contributed by atoms with E-state index in [0.29, 0.717) is 13.0 Å². The quantitative estimate of drug-likeness (QED) is 0.709. The highest BCUT2D eigenvalue weighted by atomic mass is 16.4. The smallest absolute Gasteiger partial charge is 0.325 e. The summed E-state index contributed by atoms with van der Waals surface area (Å²) < 4.78 is 0. The van der Waals surface area contributed by atoms with Crippen molar-refractivity contribution in [3.05, 3.63) is 35.9 Å². The van der Waals surface area contributed by atoms with Crippen molar-refractivity contribution in [1.82, 2.24) is 4.90 Å². The van der Waals surface area contributed by atoms with Gasteiger partial charge in [-0.1, -0.05) is 30.3 Å². The van der Waals surface area contributed by atoms with Gasteiger partial charge in [0.1, 0.15) is 11.6 Å². The maximum Gasteiger partial charge on any atom is 0.325 e. The SMILES string of the molecule is NC1(C(=O)O)CC(C(=O)O)N(CCc2ccccc2)C1. The Morgan fingerprint density at radius 1 is 1.30 bits per heavy atom. The van der Waals surface area contributed by atoms with E-state index in [0.717, 1.165) is 5.56 Å². The van der Waals surface area contributed by atoms with Crippen LogP contribution in [0.4, 0.5) is 0 Å². The van der Waals surface area contributed by atoms with E-state index in [9.17, 15) is 14.7 Å². The molecule has 1 aromatic carbocycles. The Morgan fingerprint density at radius 2 is 1.95 bits per heavy atom. The fraction of sp³-hybridized carbons (Fsp3) is 0.429. The van der Waals surface area contributed by atoms with Crippen LogP contribution in [0.15, 0.2) is 30.3 Å². The van der Waals surface area contributed by atoms with Crippen LogP contribution < -0.4 is 5.73 Å². The third kappa shape index (κ3) is 2.97. The summed E-state index contributed by atoms with van der Waals surface area (Å²) in [5.74, 6) is -2.17. The van der Waals surface area contributed by atoms with Crippen LogP contribution >= 0.6 is 0 Å². The first kappa shape index (κ1) is 14.5. The molecule has 1 fully saturated rings. The number of aliphatic carboxylic acids is 2. The average molecular weight is 278 g/mol. The number of hydrogen-bond acceptors (Lipinski definition) is 4. The van der Waals surface area contributed by atoms with E-state index in [-0.39, 0.29) is 13.0 Å². The van der Waals surface area contributed by atoms with Crippen LogP contribution in [0.1, 0.15) is 12.0 Å². The van der Waals surface area contributed by atoms with Gasteiger partial charge in [0, 0.05) is 19.5 Å². The Hall–Kier alpha value is -1.92. The van der Waals surface area contributed by atoms with Gasteiger partial charge in [0.2, 0.25) is 0 Å². The van der Waals surface area contributed by atoms with Gasteiger partial charge in [-0.15, -0.1) is 0 Å². The van der Waals surface area contributed by atoms with Crippen LogP contribution in [0.5, 0.6) is 0 Å². The van der Waals surface area contributed by atoms with Gasteiger partial charge in [0.25, 0.3) is 0 Å². The zero-order valence-electron chi connectivity index (χ0n) is 11.0. The Bertz CT molecular complexity index is 505. The largest absolute Gasteiger partial charge is 0.480 e. The van der Waals surface area contributed by atoms with Gasteiger partial charge in [-0.05, 0) is 12.0 Å². The molecule has 1 aromatic rings. The van der Waals surface area contributed by atoms with Crippen molar-refractivity contribution in [3.63, 3.8) is 0 Å². The molecule has 0 aromatic heterocycles. The monoisotopic (exact) mass is 278 g/mol. The summed E-state index contributed by atoms with van der Waals surface area (Å²) in [6.07, 6.45) is 0.604. The maximum absolute atomic E-state index is 11.2. The predicted octanol–water partition coefficient (Wildman–Crippen LogP) is 0.170. The topological polar surface area (TPSA) is 104 Å². The number of benzene rings is 1. The minimum atomic E-state index is -1.47. The average Bonchev–Trinajstić information content (AvgIpc) is 2.77. The van der Waals surface area contributed by atoms with Crippen LogP contribution in [0.25, 0.3) is 0 Å². The van der Waals surface area contributed by atoms with E-state index in [1.54, 1.807) is 4.90 Å². The van der Waals surface area contributed by atoms with Gasteiger partial charge in [0.05, 0.1) is 0 Å². The van der Waals surface area contributed by atoms with Crippen LogP contribution in [-0.2, 0) is 16.0 Å². The first-order chi connectivity index (χ1) is 9.42. The lowest BCUT2D eigenvalue weighted by atomic mass is 9.98. The number of nitrogens with two attached hydrogens (primary N) is 1. The van der Waals surface area contributed by atoms with Crippen molar-refractivity contribution in [2.75, 3.05) is 13.1 Å². The lowest BCUT2D eigenvalue weighted by Gasteiger charge is -2.21. The minimum absolute atomic E-state index is 0.0616. The van der Waals surface area contributed by atoms with E-state index < -0.39 is 23.5 Å². The molecular formula is C14H18N2O4. The molecule has 0 spiro atoms. The molecular weight excluding hydrogens is 260 g/mol. The molecule has 20 heavy (non-hydrogen) atoms. The van der Waals surface area contributed by atoms with Crippen molar-refractivity contribution in [2.45, 2.75) is 24.4 Å². The van der Waals surface area contributed by atoms with Crippen molar-refractivity contribution < 1.29 is 19.8 Å². The molecule has 108 valence electrons. The second-order valence-electron chi connectivity index (χ2n) is 5.23. The minimum Gasteiger partial charge on any atom is -0.480 e. The summed E-state index contributed by atoms with van der Waals surface area (Å²) >= 11 is 0. The maximum atomic E-state index is 11.2. The number of carboxylic acid groups (broad SMARTS) is 2. The van der Waals surface area contributed by atoms with Gasteiger partial charge < -0.3 is 15.9 Å². The van der Waals surface area contributed by atoms with E-state index in [1.807, 2.05) is 30.3 Å². The van der Waals surface area contributed by atoms with E-state index >= 15 is 0 Å². The third-order valence-corrected chi connectivity index (χ3v) is 3.73. The van der Waals surface area contributed by atoms with Crippen LogP contribution in [0.3, 0.4) is 0 Å². The van der Waals surface area contributed by atoms with E-state index in [2.05, 4.69) is 0 Å². The van der Waals surface area contributed by atoms with Crippen LogP contribution in [0.2, 0.25) is 0 Å². The van der Waals surface area contributed by atoms with Crippen molar-refractivity contribution >= 4 is 11.9 Å². The molecule has 1 aliphatic heterocycles. The van der Waals surface area contributed by atoms with Gasteiger partial charge in [-0.2, -0.15) is 0 Å². The summed E-state index contributed by atoms with van der Waals surface area (Å²) in [6.45, 7) is 0.541. The van der Waals surface area contributed by atoms with Gasteiger partial charge >= 0.3 is 11.9 Å². The number of carbonyl (C=O) groups is 2. The summed E-state index contributed by atoms with van der Waals surface area (Å²) in [4.78, 5) is 24.1. The van der Waals surface area contributed by atoms with Gasteiger partial charge in [-0.3, -0.25) is 14.5 Å². The lowest BCUT2D eigenvalue weighted by molar-refractivity contribution is -0.142. The number of hydrogen-bond donors (Lipinski definition) is 3.